The molecule has 0 saturated carbocycles. The number of aromatic amines is 1. The number of benzene rings is 1. The van der Waals surface area contributed by atoms with Gasteiger partial charge in [-0.15, -0.1) is 0 Å². The van der Waals surface area contributed by atoms with Gasteiger partial charge in [0.25, 0.3) is 5.56 Å². The van der Waals surface area contributed by atoms with Crippen LogP contribution in [0.5, 0.6) is 0 Å². The normalized spacial score (nSPS) is 11.5. The van der Waals surface area contributed by atoms with E-state index in [1.807, 2.05) is 4.98 Å². The van der Waals surface area contributed by atoms with Crippen molar-refractivity contribution in [1.82, 2.24) is 9.55 Å². The SMILES string of the molecule is NS(=O)(=O)c1cn(Cc2ccccc2F)c(=O)[nH]c1=O. The molecule has 7 nitrogen and oxygen atoms in total. The number of halogens is 1. The number of nitrogens with two attached hydrogens (primary N) is 1. The molecule has 0 atom stereocenters. The molecule has 2 aromatic rings. The molecular formula is C11H10FN3O4S. The van der Waals surface area contributed by atoms with E-state index in [1.54, 1.807) is 6.07 Å². The fourth-order valence-electron chi connectivity index (χ4n) is 1.62. The minimum atomic E-state index is -4.27. The van der Waals surface area contributed by atoms with Crippen LogP contribution < -0.4 is 16.4 Å². The van der Waals surface area contributed by atoms with Crippen molar-refractivity contribution in [2.45, 2.75) is 11.4 Å². The van der Waals surface area contributed by atoms with Gasteiger partial charge in [0.2, 0.25) is 10.0 Å². The summed E-state index contributed by atoms with van der Waals surface area (Å²) in [5.41, 5.74) is -1.80. The molecule has 0 fully saturated rings. The van der Waals surface area contributed by atoms with Crippen LogP contribution in [0.3, 0.4) is 0 Å². The van der Waals surface area contributed by atoms with Crippen molar-refractivity contribution in [3.05, 3.63) is 62.7 Å². The van der Waals surface area contributed by atoms with Crippen LogP contribution in [-0.2, 0) is 16.6 Å². The Morgan fingerprint density at radius 1 is 1.25 bits per heavy atom. The summed E-state index contributed by atoms with van der Waals surface area (Å²) in [6.45, 7) is -0.231. The van der Waals surface area contributed by atoms with Crippen molar-refractivity contribution in [3.8, 4) is 0 Å². The van der Waals surface area contributed by atoms with Crippen LogP contribution in [0.15, 0.2) is 44.9 Å². The molecule has 1 aromatic carbocycles. The van der Waals surface area contributed by atoms with E-state index in [2.05, 4.69) is 0 Å². The lowest BCUT2D eigenvalue weighted by Gasteiger charge is -2.07. The zero-order valence-electron chi connectivity index (χ0n) is 10.0. The van der Waals surface area contributed by atoms with Gasteiger partial charge in [-0.1, -0.05) is 18.2 Å². The van der Waals surface area contributed by atoms with Gasteiger partial charge >= 0.3 is 5.69 Å². The summed E-state index contributed by atoms with van der Waals surface area (Å²) in [6.07, 6.45) is 0.795. The standard InChI is InChI=1S/C11H10FN3O4S/c12-8-4-2-1-3-7(8)5-15-6-9(20(13,18)19)10(16)14-11(15)17/h1-4,6H,5H2,(H2,13,18,19)(H,14,16,17). The average molecular weight is 299 g/mol. The van der Waals surface area contributed by atoms with E-state index in [4.69, 9.17) is 5.14 Å². The Morgan fingerprint density at radius 3 is 2.50 bits per heavy atom. The Hall–Kier alpha value is -2.26. The summed E-state index contributed by atoms with van der Waals surface area (Å²) >= 11 is 0. The third kappa shape index (κ3) is 2.83. The van der Waals surface area contributed by atoms with E-state index < -0.39 is 32.0 Å². The van der Waals surface area contributed by atoms with Gasteiger partial charge in [0.05, 0.1) is 6.54 Å². The highest BCUT2D eigenvalue weighted by Crippen LogP contribution is 2.07. The first-order valence-corrected chi connectivity index (χ1v) is 6.93. The summed E-state index contributed by atoms with van der Waals surface area (Å²) in [4.78, 5) is 24.0. The minimum absolute atomic E-state index is 0.169. The molecule has 9 heteroatoms. The van der Waals surface area contributed by atoms with Crippen molar-refractivity contribution in [2.24, 2.45) is 5.14 Å². The van der Waals surface area contributed by atoms with E-state index in [0.717, 1.165) is 10.8 Å². The molecule has 0 saturated heterocycles. The number of primary sulfonamides is 1. The van der Waals surface area contributed by atoms with Crippen LogP contribution in [0.1, 0.15) is 5.56 Å². The summed E-state index contributed by atoms with van der Waals surface area (Å²) in [5.74, 6) is -0.553. The average Bonchev–Trinajstić information content (AvgIpc) is 2.33. The van der Waals surface area contributed by atoms with Crippen LogP contribution in [0.25, 0.3) is 0 Å². The molecular weight excluding hydrogens is 289 g/mol. The molecule has 1 heterocycles. The Morgan fingerprint density at radius 2 is 1.90 bits per heavy atom. The molecule has 0 aliphatic heterocycles. The molecule has 0 spiro atoms. The molecule has 0 aliphatic carbocycles. The molecule has 106 valence electrons. The summed E-state index contributed by atoms with van der Waals surface area (Å²) in [6, 6.07) is 5.68. The van der Waals surface area contributed by atoms with Gasteiger partial charge in [-0.2, -0.15) is 0 Å². The second-order valence-electron chi connectivity index (χ2n) is 4.02. The molecule has 0 radical (unpaired) electrons. The van der Waals surface area contributed by atoms with Gasteiger partial charge in [-0.3, -0.25) is 14.3 Å². The third-order valence-electron chi connectivity index (χ3n) is 2.58. The van der Waals surface area contributed by atoms with Gasteiger partial charge < -0.3 is 0 Å². The number of nitrogens with zero attached hydrogens (tertiary/aromatic N) is 1. The summed E-state index contributed by atoms with van der Waals surface area (Å²) < 4.78 is 36.8. The van der Waals surface area contributed by atoms with Crippen molar-refractivity contribution in [2.75, 3.05) is 0 Å². The van der Waals surface area contributed by atoms with E-state index in [9.17, 15) is 22.4 Å². The number of hydrogen-bond acceptors (Lipinski definition) is 4. The molecule has 1 aromatic heterocycles. The lowest BCUT2D eigenvalue weighted by molar-refractivity contribution is 0.582. The summed E-state index contributed by atoms with van der Waals surface area (Å²) in [5, 5.41) is 4.86. The first-order valence-electron chi connectivity index (χ1n) is 5.39. The Labute approximate surface area is 112 Å². The van der Waals surface area contributed by atoms with Gasteiger partial charge in [-0.25, -0.2) is 22.7 Å². The van der Waals surface area contributed by atoms with E-state index in [1.165, 1.54) is 18.2 Å². The van der Waals surface area contributed by atoms with Crippen LogP contribution in [-0.4, -0.2) is 18.0 Å². The van der Waals surface area contributed by atoms with Crippen molar-refractivity contribution >= 4 is 10.0 Å². The Balaban J connectivity index is 2.57. The maximum atomic E-state index is 13.5. The molecule has 2 rings (SSSR count). The fraction of sp³-hybridized carbons (Fsp3) is 0.0909. The van der Waals surface area contributed by atoms with Gasteiger partial charge in [-0.05, 0) is 6.07 Å². The Bertz CT molecular complexity index is 870. The summed E-state index contributed by atoms with van der Waals surface area (Å²) in [7, 11) is -4.27. The van der Waals surface area contributed by atoms with Crippen LogP contribution in [0.4, 0.5) is 4.39 Å². The van der Waals surface area contributed by atoms with Gasteiger partial charge in [0, 0.05) is 11.8 Å². The minimum Gasteiger partial charge on any atom is -0.295 e. The first kappa shape index (κ1) is 14.2. The number of rotatable bonds is 3. The van der Waals surface area contributed by atoms with Crippen LogP contribution in [0.2, 0.25) is 0 Å². The molecule has 0 aliphatic rings. The fourth-order valence-corrected chi connectivity index (χ4v) is 2.20. The van der Waals surface area contributed by atoms with Crippen LogP contribution in [0, 0.1) is 5.82 Å². The monoisotopic (exact) mass is 299 g/mol. The molecule has 0 unspecified atom stereocenters. The predicted molar refractivity (Wildman–Crippen MR) is 68.2 cm³/mol. The molecule has 0 bridgehead atoms. The largest absolute Gasteiger partial charge is 0.328 e. The van der Waals surface area contributed by atoms with Gasteiger partial charge in [0.15, 0.2) is 4.90 Å². The highest BCUT2D eigenvalue weighted by atomic mass is 32.2. The second kappa shape index (κ2) is 5.02. The maximum Gasteiger partial charge on any atom is 0.328 e. The van der Waals surface area contributed by atoms with Crippen molar-refractivity contribution in [1.29, 1.82) is 0 Å². The number of nitrogens with one attached hydrogen (secondary N) is 1. The lowest BCUT2D eigenvalue weighted by atomic mass is 10.2. The highest BCUT2D eigenvalue weighted by Gasteiger charge is 2.16. The number of aromatic nitrogens is 2. The molecule has 20 heavy (non-hydrogen) atoms. The zero-order chi connectivity index (χ0) is 14.9. The predicted octanol–water partition coefficient (Wildman–Crippen LogP) is -0.629. The highest BCUT2D eigenvalue weighted by molar-refractivity contribution is 7.89. The molecule has 0 amide bonds. The molecule has 3 N–H and O–H groups in total. The zero-order valence-corrected chi connectivity index (χ0v) is 10.9. The smallest absolute Gasteiger partial charge is 0.295 e. The third-order valence-corrected chi connectivity index (χ3v) is 3.49. The Kier molecular flexibility index (Phi) is 3.55. The number of H-pyrrole nitrogens is 1. The number of sulfonamides is 1. The quantitative estimate of drug-likeness (QED) is 0.785. The van der Waals surface area contributed by atoms with E-state index in [-0.39, 0.29) is 12.1 Å². The van der Waals surface area contributed by atoms with E-state index in [0.29, 0.717) is 0 Å². The second-order valence-corrected chi connectivity index (χ2v) is 5.55. The van der Waals surface area contributed by atoms with Crippen LogP contribution >= 0.6 is 0 Å². The maximum absolute atomic E-state index is 13.5. The first-order chi connectivity index (χ1) is 9.29. The lowest BCUT2D eigenvalue weighted by Crippen LogP contribution is -2.35. The van der Waals surface area contributed by atoms with Crippen molar-refractivity contribution < 1.29 is 12.8 Å². The number of hydrogen-bond donors (Lipinski definition) is 2. The topological polar surface area (TPSA) is 115 Å². The van der Waals surface area contributed by atoms with Crippen molar-refractivity contribution in [3.63, 3.8) is 0 Å². The van der Waals surface area contributed by atoms with Gasteiger partial charge in [0.1, 0.15) is 5.82 Å². The van der Waals surface area contributed by atoms with E-state index >= 15 is 0 Å².